The average molecular weight is 902 g/mol. The van der Waals surface area contributed by atoms with E-state index in [1.54, 1.807) is 13.8 Å². The van der Waals surface area contributed by atoms with Crippen LogP contribution in [-0.2, 0) is 50.4 Å². The topological polar surface area (TPSA) is 159 Å². The average Bonchev–Trinajstić information content (AvgIpc) is 3.65. The van der Waals surface area contributed by atoms with Gasteiger partial charge in [-0.2, -0.15) is 69.5 Å². The van der Waals surface area contributed by atoms with Crippen LogP contribution in [0.2, 0.25) is 0 Å². The van der Waals surface area contributed by atoms with Crippen LogP contribution in [-0.4, -0.2) is 107 Å². The first-order chi connectivity index (χ1) is 24.4. The number of hydrogen-bond donors (Lipinski definition) is 2. The van der Waals surface area contributed by atoms with Crippen molar-refractivity contribution in [1.29, 1.82) is 0 Å². The molecule has 4 heterocycles. The molecule has 2 saturated heterocycles. The molecule has 2 atom stereocenters. The molecule has 0 saturated carbocycles. The van der Waals surface area contributed by atoms with E-state index in [2.05, 4.69) is 19.8 Å². The van der Waals surface area contributed by atoms with Crippen LogP contribution < -0.4 is 9.47 Å². The molecule has 27 heteroatoms. The van der Waals surface area contributed by atoms with Crippen LogP contribution in [0, 0.1) is 13.8 Å². The Labute approximate surface area is 317 Å². The Morgan fingerprint density at radius 3 is 1.20 bits per heavy atom. The standard InChI is InChI=1S/C26H32F6N4O2.2CHF3O3S.Mn/c1-17-19(33-9-7-23(17)37-15-25(27,28)29)13-35-11-3-5-21(35)22-6-4-12-36(22)14-20-18(2)24(8-10-34-20)38-16-26(30,31)32;2*2-1(3,4)8(5,6)7;/h7-10,21-22H,3-6,11-16H2,1-2H3;2*(H,5,6,7);/t21-,22-;;;/m0.../s1. The molecule has 2 aromatic rings. The monoisotopic (exact) mass is 901 g/mol. The third-order valence-electron chi connectivity index (χ3n) is 7.86. The largest absolute Gasteiger partial charge is 0.522 e. The molecule has 0 spiro atoms. The summed E-state index contributed by atoms with van der Waals surface area (Å²) in [4.78, 5) is 13.5. The summed E-state index contributed by atoms with van der Waals surface area (Å²) < 4.78 is 201. The van der Waals surface area contributed by atoms with E-state index in [0.29, 0.717) is 35.6 Å². The van der Waals surface area contributed by atoms with Crippen LogP contribution in [0.25, 0.3) is 0 Å². The Bertz CT molecular complexity index is 1640. The molecule has 0 amide bonds. The number of halogens is 12. The zero-order valence-electron chi connectivity index (χ0n) is 28.4. The normalized spacial score (nSPS) is 18.8. The van der Waals surface area contributed by atoms with Crippen molar-refractivity contribution >= 4 is 20.2 Å². The second-order valence-corrected chi connectivity index (χ2v) is 14.6. The van der Waals surface area contributed by atoms with Gasteiger partial charge in [-0.3, -0.25) is 28.9 Å². The molecule has 2 fully saturated rings. The number of alkyl halides is 12. The van der Waals surface area contributed by atoms with E-state index < -0.39 is 56.8 Å². The predicted molar refractivity (Wildman–Crippen MR) is 163 cm³/mol. The summed E-state index contributed by atoms with van der Waals surface area (Å²) in [6.07, 6.45) is -1.94. The van der Waals surface area contributed by atoms with Gasteiger partial charge in [0.2, 0.25) is 0 Å². The van der Waals surface area contributed by atoms with E-state index in [4.69, 9.17) is 35.4 Å². The minimum atomic E-state index is -5.84. The van der Waals surface area contributed by atoms with Crippen molar-refractivity contribution < 1.29 is 105 Å². The molecule has 55 heavy (non-hydrogen) atoms. The maximum absolute atomic E-state index is 12.6. The summed E-state index contributed by atoms with van der Waals surface area (Å²) in [6.45, 7) is 3.45. The van der Waals surface area contributed by atoms with Crippen LogP contribution in [0.4, 0.5) is 52.7 Å². The van der Waals surface area contributed by atoms with E-state index in [1.165, 1.54) is 24.5 Å². The van der Waals surface area contributed by atoms with Crippen LogP contribution >= 0.6 is 0 Å². The molecule has 0 aromatic carbocycles. The molecule has 1 radical (unpaired) electrons. The minimum Gasteiger partial charge on any atom is -0.484 e. The molecule has 0 bridgehead atoms. The van der Waals surface area contributed by atoms with E-state index >= 15 is 0 Å². The molecule has 12 nitrogen and oxygen atoms in total. The van der Waals surface area contributed by atoms with E-state index in [1.807, 2.05) is 0 Å². The fourth-order valence-corrected chi connectivity index (χ4v) is 5.42. The van der Waals surface area contributed by atoms with Crippen LogP contribution in [0.15, 0.2) is 24.5 Å². The van der Waals surface area contributed by atoms with Gasteiger partial charge in [0.25, 0.3) is 0 Å². The van der Waals surface area contributed by atoms with Gasteiger partial charge in [-0.25, -0.2) is 0 Å². The van der Waals surface area contributed by atoms with Crippen molar-refractivity contribution in [1.82, 2.24) is 19.8 Å². The third kappa shape index (κ3) is 16.4. The summed E-state index contributed by atoms with van der Waals surface area (Å²) in [5.41, 5.74) is -8.50. The molecule has 2 aliphatic rings. The maximum atomic E-state index is 12.6. The van der Waals surface area contributed by atoms with Gasteiger partial charge >= 0.3 is 43.6 Å². The summed E-state index contributed by atoms with van der Waals surface area (Å²) in [5, 5.41) is 0. The van der Waals surface area contributed by atoms with Gasteiger partial charge < -0.3 is 9.47 Å². The van der Waals surface area contributed by atoms with Crippen LogP contribution in [0.3, 0.4) is 0 Å². The minimum absolute atomic E-state index is 0. The van der Waals surface area contributed by atoms with Crippen molar-refractivity contribution in [3.05, 3.63) is 47.0 Å². The Hall–Kier alpha value is -2.68. The van der Waals surface area contributed by atoms with Gasteiger partial charge in [0.15, 0.2) is 13.2 Å². The van der Waals surface area contributed by atoms with Crippen LogP contribution in [0.5, 0.6) is 11.5 Å². The number of pyridine rings is 2. The first-order valence-electron chi connectivity index (χ1n) is 15.2. The van der Waals surface area contributed by atoms with Crippen molar-refractivity contribution in [2.24, 2.45) is 0 Å². The molecule has 317 valence electrons. The molecule has 4 rings (SSSR count). The second kappa shape index (κ2) is 19.7. The number of nitrogens with zero attached hydrogens (tertiary/aromatic N) is 4. The molecular weight excluding hydrogens is 867 g/mol. The Morgan fingerprint density at radius 1 is 0.655 bits per heavy atom. The summed E-state index contributed by atoms with van der Waals surface area (Å²) in [7, 11) is -11.7. The number of hydrogen-bond acceptors (Lipinski definition) is 10. The molecule has 2 aromatic heterocycles. The van der Waals surface area contributed by atoms with E-state index in [0.717, 1.165) is 38.8 Å². The first kappa shape index (κ1) is 50.3. The molecule has 2 aliphatic heterocycles. The van der Waals surface area contributed by atoms with Gasteiger partial charge in [-0.1, -0.05) is 0 Å². The van der Waals surface area contributed by atoms with Crippen molar-refractivity contribution in [3.63, 3.8) is 0 Å². The fourth-order valence-electron chi connectivity index (χ4n) is 5.42. The molecule has 0 unspecified atom stereocenters. The Kier molecular flexibility index (Phi) is 18.0. The summed E-state index contributed by atoms with van der Waals surface area (Å²) in [5.74, 6) is 0.361. The number of rotatable bonds is 9. The van der Waals surface area contributed by atoms with Gasteiger partial charge in [-0.15, -0.1) is 0 Å². The molecule has 2 N–H and O–H groups in total. The van der Waals surface area contributed by atoms with Gasteiger partial charge in [0, 0.05) is 65.8 Å². The third-order valence-corrected chi connectivity index (χ3v) is 9.03. The predicted octanol–water partition coefficient (Wildman–Crippen LogP) is 6.39. The zero-order chi connectivity index (χ0) is 41.5. The van der Waals surface area contributed by atoms with Gasteiger partial charge in [-0.05, 0) is 64.8 Å². The molecule has 0 aliphatic carbocycles. The fraction of sp³-hybridized carbons (Fsp3) is 0.643. The molecular formula is C28H34F12MnN4O8S2. The smallest absolute Gasteiger partial charge is 0.484 e. The van der Waals surface area contributed by atoms with E-state index in [-0.39, 0.29) is 40.7 Å². The van der Waals surface area contributed by atoms with Crippen LogP contribution in [0.1, 0.15) is 48.2 Å². The van der Waals surface area contributed by atoms with E-state index in [9.17, 15) is 52.7 Å². The first-order valence-corrected chi connectivity index (χ1v) is 18.1. The SMILES string of the molecule is Cc1c(OCC(F)(F)F)ccnc1CN1CCC[C@H]1[C@@H]1CCCN1Cc1nccc(OCC(F)(F)F)c1C.O=S(=O)(O)C(F)(F)F.O=S(=O)(O)C(F)(F)F.[Mn]. The summed E-state index contributed by atoms with van der Waals surface area (Å²) >= 11 is 0. The van der Waals surface area contributed by atoms with Crippen molar-refractivity contribution in [2.75, 3.05) is 26.3 Å². The number of ether oxygens (including phenoxy) is 2. The number of likely N-dealkylation sites (tertiary alicyclic amines) is 2. The van der Waals surface area contributed by atoms with Gasteiger partial charge in [0.1, 0.15) is 11.5 Å². The second-order valence-electron chi connectivity index (χ2n) is 11.8. The maximum Gasteiger partial charge on any atom is 0.522 e. The van der Waals surface area contributed by atoms with Crippen molar-refractivity contribution in [2.45, 2.75) is 88.1 Å². The summed E-state index contributed by atoms with van der Waals surface area (Å²) in [6, 6.07) is 3.35. The van der Waals surface area contributed by atoms with Gasteiger partial charge in [0.05, 0.1) is 11.4 Å². The number of aromatic nitrogens is 2. The Morgan fingerprint density at radius 2 is 0.945 bits per heavy atom. The van der Waals surface area contributed by atoms with Crippen molar-refractivity contribution in [3.8, 4) is 11.5 Å². The zero-order valence-corrected chi connectivity index (χ0v) is 31.2. The Balaban J connectivity index is 0.000000745. The quantitative estimate of drug-likeness (QED) is 0.124.